The molecule has 0 aliphatic carbocycles. The van der Waals surface area contributed by atoms with E-state index in [0.717, 1.165) is 10.6 Å². The highest BCUT2D eigenvalue weighted by Crippen LogP contribution is 2.12. The summed E-state index contributed by atoms with van der Waals surface area (Å²) in [6.07, 6.45) is 0. The molecule has 1 rings (SSSR count). The Bertz CT molecular complexity index is 221. The highest BCUT2D eigenvalue weighted by molar-refractivity contribution is 7.91. The van der Waals surface area contributed by atoms with Gasteiger partial charge in [0.25, 0.3) is 0 Å². The van der Waals surface area contributed by atoms with E-state index in [1.54, 1.807) is 6.07 Å². The van der Waals surface area contributed by atoms with Gasteiger partial charge >= 0.3 is 0 Å². The zero-order valence-electron chi connectivity index (χ0n) is 7.41. The van der Waals surface area contributed by atoms with Crippen molar-refractivity contribution in [1.82, 2.24) is 0 Å². The standard InChI is InChI=1S/C10H13OS/c1-9(2)8-12(11)10-6-4-3-5-7-10/h3-4,6-7,9H,8H2,1-2H3. The first-order valence-corrected chi connectivity index (χ1v) is 5.36. The van der Waals surface area contributed by atoms with E-state index in [2.05, 4.69) is 19.9 Å². The smallest absolute Gasteiger partial charge is 0.153 e. The van der Waals surface area contributed by atoms with E-state index >= 15 is 0 Å². The predicted molar refractivity (Wildman–Crippen MR) is 51.4 cm³/mol. The van der Waals surface area contributed by atoms with Gasteiger partial charge in [0.1, 0.15) is 5.75 Å². The molecule has 0 bridgehead atoms. The zero-order valence-corrected chi connectivity index (χ0v) is 8.23. The summed E-state index contributed by atoms with van der Waals surface area (Å²) in [6, 6.07) is 10.3. The topological polar surface area (TPSA) is 23.1 Å². The molecule has 1 aromatic carbocycles. The van der Waals surface area contributed by atoms with Gasteiger partial charge in [-0.1, -0.05) is 26.0 Å². The van der Waals surface area contributed by atoms with E-state index in [1.807, 2.05) is 18.2 Å². The summed E-state index contributed by atoms with van der Waals surface area (Å²) >= 11 is -0.845. The second kappa shape index (κ2) is 4.53. The lowest BCUT2D eigenvalue weighted by atomic mass is 10.3. The van der Waals surface area contributed by atoms with Gasteiger partial charge in [0, 0.05) is 6.07 Å². The van der Waals surface area contributed by atoms with Crippen LogP contribution in [-0.2, 0) is 11.2 Å². The molecule has 1 aromatic rings. The summed E-state index contributed by atoms with van der Waals surface area (Å²) in [6.45, 7) is 4.15. The van der Waals surface area contributed by atoms with Crippen LogP contribution in [0.25, 0.3) is 0 Å². The molecule has 0 N–H and O–H groups in total. The molecule has 0 amide bonds. The maximum atomic E-state index is 11.5. The largest absolute Gasteiger partial charge is 0.611 e. The molecule has 0 aliphatic heterocycles. The van der Waals surface area contributed by atoms with E-state index in [0.29, 0.717) is 5.92 Å². The van der Waals surface area contributed by atoms with Crippen molar-refractivity contribution in [2.75, 3.05) is 5.75 Å². The summed E-state index contributed by atoms with van der Waals surface area (Å²) in [5.74, 6) is 1.21. The molecule has 1 atom stereocenters. The van der Waals surface area contributed by atoms with Crippen LogP contribution in [-0.4, -0.2) is 10.3 Å². The Hall–Kier alpha value is -0.470. The lowest BCUT2D eigenvalue weighted by Crippen LogP contribution is -2.11. The fourth-order valence-electron chi connectivity index (χ4n) is 0.917. The van der Waals surface area contributed by atoms with Gasteiger partial charge < -0.3 is 4.55 Å². The van der Waals surface area contributed by atoms with Crippen molar-refractivity contribution in [2.45, 2.75) is 18.7 Å². The third kappa shape index (κ3) is 2.88. The molecule has 0 fully saturated rings. The van der Waals surface area contributed by atoms with Crippen LogP contribution in [0.1, 0.15) is 13.8 Å². The van der Waals surface area contributed by atoms with Crippen molar-refractivity contribution >= 4 is 11.2 Å². The van der Waals surface area contributed by atoms with Crippen molar-refractivity contribution in [3.8, 4) is 0 Å². The van der Waals surface area contributed by atoms with Gasteiger partial charge in [-0.2, -0.15) is 0 Å². The van der Waals surface area contributed by atoms with Crippen molar-refractivity contribution in [2.24, 2.45) is 5.92 Å². The van der Waals surface area contributed by atoms with E-state index in [9.17, 15) is 4.55 Å². The molecule has 1 radical (unpaired) electrons. The normalized spacial score (nSPS) is 13.3. The van der Waals surface area contributed by atoms with Gasteiger partial charge in [-0.3, -0.25) is 0 Å². The molecule has 0 saturated heterocycles. The lowest BCUT2D eigenvalue weighted by Gasteiger charge is -2.11. The zero-order chi connectivity index (χ0) is 8.97. The molecule has 0 heterocycles. The Morgan fingerprint density at radius 3 is 2.83 bits per heavy atom. The molecule has 0 spiro atoms. The molecule has 0 aliphatic rings. The van der Waals surface area contributed by atoms with Gasteiger partial charge in [-0.05, 0) is 29.2 Å². The molecular formula is C10H13OS. The molecule has 2 heteroatoms. The van der Waals surface area contributed by atoms with Crippen molar-refractivity contribution in [3.05, 3.63) is 30.3 Å². The minimum Gasteiger partial charge on any atom is -0.611 e. The summed E-state index contributed by atoms with van der Waals surface area (Å²) in [4.78, 5) is 0.881. The van der Waals surface area contributed by atoms with Crippen LogP contribution in [0.15, 0.2) is 29.2 Å². The minimum atomic E-state index is -0.845. The average Bonchev–Trinajstić information content (AvgIpc) is 2.05. The Morgan fingerprint density at radius 1 is 1.58 bits per heavy atom. The Labute approximate surface area is 77.0 Å². The number of benzene rings is 1. The molecule has 0 aromatic heterocycles. The van der Waals surface area contributed by atoms with Crippen LogP contribution >= 0.6 is 0 Å². The summed E-state index contributed by atoms with van der Waals surface area (Å²) in [7, 11) is 0. The van der Waals surface area contributed by atoms with Crippen LogP contribution in [0.4, 0.5) is 0 Å². The highest BCUT2D eigenvalue weighted by Gasteiger charge is 2.11. The highest BCUT2D eigenvalue weighted by atomic mass is 32.2. The fraction of sp³-hybridized carbons (Fsp3) is 0.400. The summed E-state index contributed by atoms with van der Waals surface area (Å²) in [5, 5.41) is 0. The fourth-order valence-corrected chi connectivity index (χ4v) is 2.15. The number of hydrogen-bond acceptors (Lipinski definition) is 1. The molecule has 12 heavy (non-hydrogen) atoms. The first-order valence-electron chi connectivity index (χ1n) is 4.04. The van der Waals surface area contributed by atoms with Crippen LogP contribution < -0.4 is 0 Å². The maximum absolute atomic E-state index is 11.5. The van der Waals surface area contributed by atoms with Crippen LogP contribution in [0.5, 0.6) is 0 Å². The van der Waals surface area contributed by atoms with Crippen LogP contribution in [0, 0.1) is 12.0 Å². The molecule has 0 saturated carbocycles. The van der Waals surface area contributed by atoms with Gasteiger partial charge in [0.2, 0.25) is 0 Å². The summed E-state index contributed by atoms with van der Waals surface area (Å²) < 4.78 is 11.5. The Balaban J connectivity index is 2.59. The van der Waals surface area contributed by atoms with E-state index in [1.165, 1.54) is 0 Å². The van der Waals surface area contributed by atoms with E-state index in [-0.39, 0.29) is 0 Å². The number of hydrogen-bond donors (Lipinski definition) is 0. The minimum absolute atomic E-state index is 0.478. The molecule has 1 nitrogen and oxygen atoms in total. The summed E-state index contributed by atoms with van der Waals surface area (Å²) in [5.41, 5.74) is 0. The monoisotopic (exact) mass is 181 g/mol. The van der Waals surface area contributed by atoms with Crippen molar-refractivity contribution in [3.63, 3.8) is 0 Å². The number of rotatable bonds is 3. The van der Waals surface area contributed by atoms with Crippen molar-refractivity contribution in [1.29, 1.82) is 0 Å². The third-order valence-corrected chi connectivity index (χ3v) is 3.18. The second-order valence-corrected chi connectivity index (χ2v) is 4.64. The van der Waals surface area contributed by atoms with Gasteiger partial charge in [0.15, 0.2) is 4.90 Å². The van der Waals surface area contributed by atoms with Gasteiger partial charge in [0.05, 0.1) is 0 Å². The predicted octanol–water partition coefficient (Wildman–Crippen LogP) is 2.25. The Morgan fingerprint density at radius 2 is 2.33 bits per heavy atom. The second-order valence-electron chi connectivity index (χ2n) is 3.15. The van der Waals surface area contributed by atoms with Gasteiger partial charge in [-0.25, -0.2) is 0 Å². The lowest BCUT2D eigenvalue weighted by molar-refractivity contribution is 0.581. The first kappa shape index (κ1) is 9.62. The third-order valence-electron chi connectivity index (χ3n) is 1.43. The quantitative estimate of drug-likeness (QED) is 0.656. The molecule has 1 unspecified atom stereocenters. The van der Waals surface area contributed by atoms with E-state index < -0.39 is 11.2 Å². The molecular weight excluding hydrogens is 168 g/mol. The van der Waals surface area contributed by atoms with Crippen molar-refractivity contribution < 1.29 is 4.55 Å². The van der Waals surface area contributed by atoms with Crippen LogP contribution in [0.3, 0.4) is 0 Å². The maximum Gasteiger partial charge on any atom is 0.153 e. The van der Waals surface area contributed by atoms with Gasteiger partial charge in [-0.15, -0.1) is 0 Å². The average molecular weight is 181 g/mol. The Kier molecular flexibility index (Phi) is 3.63. The first-order chi connectivity index (χ1) is 5.70. The SMILES string of the molecule is CC(C)C[S+]([O-])c1c[c]ccc1. The van der Waals surface area contributed by atoms with Crippen LogP contribution in [0.2, 0.25) is 0 Å². The van der Waals surface area contributed by atoms with E-state index in [4.69, 9.17) is 0 Å². The molecule has 65 valence electrons.